The SMILES string of the molecule is CCCCCCCCCC(NC)C1CN(C(C)C)CCO1. The third-order valence-corrected chi connectivity index (χ3v) is 4.79. The molecule has 0 spiro atoms. The number of hydrogen-bond acceptors (Lipinski definition) is 3. The zero-order valence-electron chi connectivity index (χ0n) is 14.9. The summed E-state index contributed by atoms with van der Waals surface area (Å²) in [7, 11) is 2.09. The van der Waals surface area contributed by atoms with Crippen molar-refractivity contribution in [3.05, 3.63) is 0 Å². The van der Waals surface area contributed by atoms with Crippen LogP contribution in [0.15, 0.2) is 0 Å². The van der Waals surface area contributed by atoms with Gasteiger partial charge in [-0.3, -0.25) is 4.90 Å². The quantitative estimate of drug-likeness (QED) is 0.587. The second kappa shape index (κ2) is 11.4. The minimum Gasteiger partial charge on any atom is -0.374 e. The molecule has 2 unspecified atom stereocenters. The maximum Gasteiger partial charge on any atom is 0.0855 e. The van der Waals surface area contributed by atoms with E-state index in [0.29, 0.717) is 18.2 Å². The van der Waals surface area contributed by atoms with Crippen molar-refractivity contribution in [1.82, 2.24) is 10.2 Å². The van der Waals surface area contributed by atoms with Gasteiger partial charge >= 0.3 is 0 Å². The van der Waals surface area contributed by atoms with Crippen LogP contribution in [0.25, 0.3) is 0 Å². The third kappa shape index (κ3) is 7.62. The number of likely N-dealkylation sites (N-methyl/N-ethyl adjacent to an activating group) is 1. The topological polar surface area (TPSA) is 24.5 Å². The summed E-state index contributed by atoms with van der Waals surface area (Å²) in [5.74, 6) is 0. The molecule has 21 heavy (non-hydrogen) atoms. The molecule has 1 N–H and O–H groups in total. The van der Waals surface area contributed by atoms with Crippen molar-refractivity contribution >= 4 is 0 Å². The van der Waals surface area contributed by atoms with E-state index in [0.717, 1.165) is 19.7 Å². The maximum atomic E-state index is 6.02. The fraction of sp³-hybridized carbons (Fsp3) is 1.00. The van der Waals surface area contributed by atoms with E-state index in [2.05, 4.69) is 38.0 Å². The second-order valence-corrected chi connectivity index (χ2v) is 6.80. The molecule has 0 saturated carbocycles. The number of unbranched alkanes of at least 4 members (excludes halogenated alkanes) is 6. The van der Waals surface area contributed by atoms with E-state index in [-0.39, 0.29) is 0 Å². The molecule has 0 aromatic carbocycles. The van der Waals surface area contributed by atoms with Gasteiger partial charge in [-0.05, 0) is 27.3 Å². The van der Waals surface area contributed by atoms with E-state index in [1.165, 1.54) is 51.4 Å². The fourth-order valence-corrected chi connectivity index (χ4v) is 3.25. The van der Waals surface area contributed by atoms with Gasteiger partial charge in [0, 0.05) is 25.2 Å². The first kappa shape index (κ1) is 18.9. The van der Waals surface area contributed by atoms with Crippen molar-refractivity contribution in [1.29, 1.82) is 0 Å². The summed E-state index contributed by atoms with van der Waals surface area (Å²) < 4.78 is 6.02. The molecular weight excluding hydrogens is 260 g/mol. The van der Waals surface area contributed by atoms with Gasteiger partial charge in [0.05, 0.1) is 12.7 Å². The van der Waals surface area contributed by atoms with Gasteiger partial charge in [-0.2, -0.15) is 0 Å². The fourth-order valence-electron chi connectivity index (χ4n) is 3.25. The summed E-state index contributed by atoms with van der Waals surface area (Å²) in [6, 6.07) is 1.15. The lowest BCUT2D eigenvalue weighted by molar-refractivity contribution is -0.0557. The van der Waals surface area contributed by atoms with Crippen LogP contribution in [0.1, 0.15) is 72.1 Å². The molecule has 3 heteroatoms. The molecule has 0 aromatic heterocycles. The maximum absolute atomic E-state index is 6.02. The summed E-state index contributed by atoms with van der Waals surface area (Å²) in [5, 5.41) is 3.49. The minimum absolute atomic E-state index is 0.367. The van der Waals surface area contributed by atoms with Crippen LogP contribution in [0, 0.1) is 0 Å². The normalized spacial score (nSPS) is 21.9. The summed E-state index contributed by atoms with van der Waals surface area (Å²) in [6.07, 6.45) is 11.3. The zero-order chi connectivity index (χ0) is 15.5. The second-order valence-electron chi connectivity index (χ2n) is 6.80. The summed E-state index contributed by atoms with van der Waals surface area (Å²) in [4.78, 5) is 2.54. The van der Waals surface area contributed by atoms with Crippen molar-refractivity contribution < 1.29 is 4.74 Å². The molecule has 1 heterocycles. The first-order valence-corrected chi connectivity index (χ1v) is 9.22. The smallest absolute Gasteiger partial charge is 0.0855 e. The molecule has 0 bridgehead atoms. The summed E-state index contributed by atoms with van der Waals surface area (Å²) in [5.41, 5.74) is 0. The van der Waals surface area contributed by atoms with Crippen molar-refractivity contribution in [2.45, 2.75) is 90.3 Å². The van der Waals surface area contributed by atoms with Gasteiger partial charge in [0.15, 0.2) is 0 Å². The molecule has 1 saturated heterocycles. The number of ether oxygens (including phenoxy) is 1. The van der Waals surface area contributed by atoms with Crippen molar-refractivity contribution in [2.75, 3.05) is 26.7 Å². The molecule has 0 aromatic rings. The van der Waals surface area contributed by atoms with Crippen LogP contribution in [0.4, 0.5) is 0 Å². The molecule has 1 aliphatic heterocycles. The summed E-state index contributed by atoms with van der Waals surface area (Å²) >= 11 is 0. The Morgan fingerprint density at radius 2 is 1.76 bits per heavy atom. The van der Waals surface area contributed by atoms with Gasteiger partial charge in [0.25, 0.3) is 0 Å². The molecule has 2 atom stereocenters. The molecular formula is C18H38N2O. The Morgan fingerprint density at radius 1 is 1.10 bits per heavy atom. The van der Waals surface area contributed by atoms with Crippen LogP contribution in [-0.2, 0) is 4.74 Å². The number of morpholine rings is 1. The zero-order valence-corrected chi connectivity index (χ0v) is 14.9. The van der Waals surface area contributed by atoms with Gasteiger partial charge in [-0.25, -0.2) is 0 Å². The molecule has 0 amide bonds. The van der Waals surface area contributed by atoms with Crippen molar-refractivity contribution in [3.8, 4) is 0 Å². The predicted octanol–water partition coefficient (Wildman–Crippen LogP) is 3.82. The number of nitrogens with zero attached hydrogens (tertiary/aromatic N) is 1. The Morgan fingerprint density at radius 3 is 2.38 bits per heavy atom. The van der Waals surface area contributed by atoms with Crippen LogP contribution in [0.5, 0.6) is 0 Å². The van der Waals surface area contributed by atoms with Gasteiger partial charge in [-0.15, -0.1) is 0 Å². The lowest BCUT2D eigenvalue weighted by Gasteiger charge is -2.39. The highest BCUT2D eigenvalue weighted by Gasteiger charge is 2.27. The van der Waals surface area contributed by atoms with Crippen LogP contribution >= 0.6 is 0 Å². The monoisotopic (exact) mass is 298 g/mol. The standard InChI is InChI=1S/C18H38N2O/c1-5-6-7-8-9-10-11-12-17(19-4)18-15-20(16(2)3)13-14-21-18/h16-19H,5-15H2,1-4H3. The minimum atomic E-state index is 0.367. The molecule has 126 valence electrons. The van der Waals surface area contributed by atoms with Crippen LogP contribution < -0.4 is 5.32 Å². The average molecular weight is 299 g/mol. The number of rotatable bonds is 11. The third-order valence-electron chi connectivity index (χ3n) is 4.79. The van der Waals surface area contributed by atoms with Crippen LogP contribution in [0.2, 0.25) is 0 Å². The van der Waals surface area contributed by atoms with E-state index >= 15 is 0 Å². The van der Waals surface area contributed by atoms with Crippen molar-refractivity contribution in [2.24, 2.45) is 0 Å². The van der Waals surface area contributed by atoms with Gasteiger partial charge < -0.3 is 10.1 Å². The van der Waals surface area contributed by atoms with Gasteiger partial charge in [-0.1, -0.05) is 51.9 Å². The van der Waals surface area contributed by atoms with Crippen LogP contribution in [-0.4, -0.2) is 49.8 Å². The highest BCUT2D eigenvalue weighted by atomic mass is 16.5. The summed E-state index contributed by atoms with van der Waals surface area (Å²) in [6.45, 7) is 9.90. The Labute approximate surface area is 132 Å². The van der Waals surface area contributed by atoms with E-state index in [1.54, 1.807) is 0 Å². The Kier molecular flexibility index (Phi) is 10.3. The first-order valence-electron chi connectivity index (χ1n) is 9.22. The number of nitrogens with one attached hydrogen (secondary N) is 1. The van der Waals surface area contributed by atoms with Crippen LogP contribution in [0.3, 0.4) is 0 Å². The van der Waals surface area contributed by atoms with Crippen molar-refractivity contribution in [3.63, 3.8) is 0 Å². The largest absolute Gasteiger partial charge is 0.374 e. The van der Waals surface area contributed by atoms with E-state index in [4.69, 9.17) is 4.74 Å². The highest BCUT2D eigenvalue weighted by Crippen LogP contribution is 2.16. The molecule has 1 fully saturated rings. The average Bonchev–Trinajstić information content (AvgIpc) is 2.50. The lowest BCUT2D eigenvalue weighted by Crippen LogP contribution is -2.53. The van der Waals surface area contributed by atoms with E-state index in [9.17, 15) is 0 Å². The van der Waals surface area contributed by atoms with Gasteiger partial charge in [0.1, 0.15) is 0 Å². The highest BCUT2D eigenvalue weighted by molar-refractivity contribution is 4.83. The molecule has 0 aliphatic carbocycles. The molecule has 1 rings (SSSR count). The van der Waals surface area contributed by atoms with E-state index in [1.807, 2.05) is 0 Å². The predicted molar refractivity (Wildman–Crippen MR) is 91.9 cm³/mol. The number of hydrogen-bond donors (Lipinski definition) is 1. The molecule has 1 aliphatic rings. The Bertz CT molecular complexity index is 245. The molecule has 3 nitrogen and oxygen atoms in total. The Hall–Kier alpha value is -0.120. The lowest BCUT2D eigenvalue weighted by atomic mass is 10.00. The first-order chi connectivity index (χ1) is 10.2. The van der Waals surface area contributed by atoms with Gasteiger partial charge in [0.2, 0.25) is 0 Å². The molecule has 0 radical (unpaired) electrons. The van der Waals surface area contributed by atoms with E-state index < -0.39 is 0 Å². The Balaban J connectivity index is 2.18.